The predicted molar refractivity (Wildman–Crippen MR) is 118 cm³/mol. The minimum absolute atomic E-state index is 0.227. The van der Waals surface area contributed by atoms with E-state index in [2.05, 4.69) is 15.5 Å². The van der Waals surface area contributed by atoms with E-state index in [4.69, 9.17) is 23.2 Å². The third-order valence-electron chi connectivity index (χ3n) is 4.85. The Hall–Kier alpha value is -2.57. The molecule has 0 fully saturated rings. The predicted octanol–water partition coefficient (Wildman–Crippen LogP) is 5.03. The molecule has 8 heteroatoms. The average molecular weight is 432 g/mol. The van der Waals surface area contributed by atoms with Crippen molar-refractivity contribution in [3.8, 4) is 0 Å². The van der Waals surface area contributed by atoms with E-state index in [-0.39, 0.29) is 5.91 Å². The molecule has 0 spiro atoms. The molecule has 0 atom stereocenters. The molecule has 3 aromatic rings. The summed E-state index contributed by atoms with van der Waals surface area (Å²) in [5.41, 5.74) is 4.97. The summed E-state index contributed by atoms with van der Waals surface area (Å²) in [5.74, 6) is -0.227. The molecule has 1 N–H and O–H groups in total. The van der Waals surface area contributed by atoms with Gasteiger partial charge >= 0.3 is 0 Å². The van der Waals surface area contributed by atoms with Gasteiger partial charge in [0.05, 0.1) is 29.8 Å². The van der Waals surface area contributed by atoms with E-state index in [1.54, 1.807) is 35.2 Å². The molecule has 1 aromatic carbocycles. The molecule has 0 aliphatic carbocycles. The summed E-state index contributed by atoms with van der Waals surface area (Å²) in [6.45, 7) is 8.97. The second-order valence-corrected chi connectivity index (χ2v) is 7.54. The third-order valence-corrected chi connectivity index (χ3v) is 5.56. The lowest BCUT2D eigenvalue weighted by Crippen LogP contribution is -2.10. The number of aryl methyl sites for hydroxylation is 2. The van der Waals surface area contributed by atoms with E-state index in [1.165, 1.54) is 6.08 Å². The van der Waals surface area contributed by atoms with Gasteiger partial charge in [-0.15, -0.1) is 0 Å². The van der Waals surface area contributed by atoms with Crippen molar-refractivity contribution in [1.82, 2.24) is 19.6 Å². The van der Waals surface area contributed by atoms with Gasteiger partial charge in [0.15, 0.2) is 0 Å². The van der Waals surface area contributed by atoms with Crippen LogP contribution in [0.3, 0.4) is 0 Å². The molecule has 1 amide bonds. The van der Waals surface area contributed by atoms with Crippen LogP contribution in [0, 0.1) is 20.8 Å². The number of halogens is 2. The minimum atomic E-state index is -0.227. The Morgan fingerprint density at radius 1 is 1.14 bits per heavy atom. The number of rotatable bonds is 6. The topological polar surface area (TPSA) is 64.7 Å². The zero-order valence-electron chi connectivity index (χ0n) is 16.8. The lowest BCUT2D eigenvalue weighted by atomic mass is 10.2. The van der Waals surface area contributed by atoms with E-state index in [9.17, 15) is 4.79 Å². The Morgan fingerprint density at radius 3 is 2.45 bits per heavy atom. The fourth-order valence-electron chi connectivity index (χ4n) is 3.14. The smallest absolute Gasteiger partial charge is 0.248 e. The van der Waals surface area contributed by atoms with E-state index in [0.29, 0.717) is 22.3 Å². The number of nitrogens with one attached hydrogen (secondary N) is 1. The molecule has 2 heterocycles. The molecule has 0 radical (unpaired) electrons. The number of hydrogen-bond acceptors (Lipinski definition) is 3. The maximum atomic E-state index is 12.4. The van der Waals surface area contributed by atoms with E-state index in [1.807, 2.05) is 32.4 Å². The zero-order chi connectivity index (χ0) is 21.1. The van der Waals surface area contributed by atoms with Crippen molar-refractivity contribution >= 4 is 40.9 Å². The second kappa shape index (κ2) is 8.84. The molecule has 0 aliphatic heterocycles. The number of carbonyl (C=O) groups is 1. The first-order valence-electron chi connectivity index (χ1n) is 9.30. The number of hydrogen-bond donors (Lipinski definition) is 1. The minimum Gasteiger partial charge on any atom is -0.319 e. The first kappa shape index (κ1) is 21.1. The molecule has 0 unspecified atom stereocenters. The highest BCUT2D eigenvalue weighted by molar-refractivity contribution is 6.36. The van der Waals surface area contributed by atoms with Gasteiger partial charge in [-0.1, -0.05) is 29.3 Å². The number of carbonyl (C=O) groups excluding carboxylic acids is 1. The maximum Gasteiger partial charge on any atom is 0.248 e. The first-order valence-corrected chi connectivity index (χ1v) is 10.1. The number of nitrogens with zero attached hydrogens (tertiary/aromatic N) is 4. The lowest BCUT2D eigenvalue weighted by molar-refractivity contribution is -0.111. The summed E-state index contributed by atoms with van der Waals surface area (Å²) in [7, 11) is 0. The molecule has 29 heavy (non-hydrogen) atoms. The van der Waals surface area contributed by atoms with E-state index >= 15 is 0 Å². The van der Waals surface area contributed by atoms with Gasteiger partial charge in [0, 0.05) is 39.5 Å². The molecule has 6 nitrogen and oxygen atoms in total. The Kier molecular flexibility index (Phi) is 6.45. The number of amides is 1. The zero-order valence-corrected chi connectivity index (χ0v) is 18.3. The van der Waals surface area contributed by atoms with Gasteiger partial charge in [0.1, 0.15) is 0 Å². The molecule has 0 saturated carbocycles. The van der Waals surface area contributed by atoms with Crippen LogP contribution in [-0.2, 0) is 17.9 Å². The van der Waals surface area contributed by atoms with Crippen LogP contribution < -0.4 is 5.32 Å². The fraction of sp³-hybridized carbons (Fsp3) is 0.286. The van der Waals surface area contributed by atoms with Gasteiger partial charge in [0.25, 0.3) is 0 Å². The van der Waals surface area contributed by atoms with Crippen molar-refractivity contribution in [3.63, 3.8) is 0 Å². The quantitative estimate of drug-likeness (QED) is 0.556. The molecule has 0 aliphatic rings. The Bertz CT molecular complexity index is 1060. The SMILES string of the molecule is CCn1ncc(/C=C/C(=O)Nc2c(C)nn(Cc3c(Cl)cccc3Cl)c2C)c1C. The van der Waals surface area contributed by atoms with E-state index in [0.717, 1.165) is 34.8 Å². The van der Waals surface area contributed by atoms with Gasteiger partial charge < -0.3 is 5.32 Å². The van der Waals surface area contributed by atoms with Crippen LogP contribution in [0.1, 0.15) is 35.1 Å². The second-order valence-electron chi connectivity index (χ2n) is 6.73. The van der Waals surface area contributed by atoms with Gasteiger partial charge in [-0.2, -0.15) is 10.2 Å². The highest BCUT2D eigenvalue weighted by atomic mass is 35.5. The molecule has 152 valence electrons. The highest BCUT2D eigenvalue weighted by Crippen LogP contribution is 2.27. The van der Waals surface area contributed by atoms with Crippen LogP contribution in [-0.4, -0.2) is 25.5 Å². The fourth-order valence-corrected chi connectivity index (χ4v) is 3.66. The lowest BCUT2D eigenvalue weighted by Gasteiger charge is -2.09. The average Bonchev–Trinajstić information content (AvgIpc) is 3.17. The monoisotopic (exact) mass is 431 g/mol. The van der Waals surface area contributed by atoms with Crippen LogP contribution in [0.15, 0.2) is 30.5 Å². The Labute approximate surface area is 180 Å². The van der Waals surface area contributed by atoms with Gasteiger partial charge in [-0.25, -0.2) is 0 Å². The van der Waals surface area contributed by atoms with Crippen LogP contribution in [0.4, 0.5) is 5.69 Å². The van der Waals surface area contributed by atoms with Gasteiger partial charge in [-0.05, 0) is 45.9 Å². The molecule has 0 saturated heterocycles. The van der Waals surface area contributed by atoms with Crippen LogP contribution in [0.2, 0.25) is 10.0 Å². The molecular weight excluding hydrogens is 409 g/mol. The van der Waals surface area contributed by atoms with Crippen molar-refractivity contribution in [1.29, 1.82) is 0 Å². The largest absolute Gasteiger partial charge is 0.319 e. The molecule has 3 rings (SSSR count). The third kappa shape index (κ3) is 4.54. The summed E-state index contributed by atoms with van der Waals surface area (Å²) >= 11 is 12.6. The summed E-state index contributed by atoms with van der Waals surface area (Å²) in [4.78, 5) is 12.4. The number of benzene rings is 1. The van der Waals surface area contributed by atoms with Crippen molar-refractivity contribution in [2.75, 3.05) is 5.32 Å². The van der Waals surface area contributed by atoms with Crippen molar-refractivity contribution in [2.45, 2.75) is 40.8 Å². The Morgan fingerprint density at radius 2 is 1.83 bits per heavy atom. The number of anilines is 1. The van der Waals surface area contributed by atoms with Crippen LogP contribution >= 0.6 is 23.2 Å². The van der Waals surface area contributed by atoms with Crippen LogP contribution in [0.5, 0.6) is 0 Å². The van der Waals surface area contributed by atoms with Crippen molar-refractivity contribution in [2.24, 2.45) is 0 Å². The van der Waals surface area contributed by atoms with Crippen molar-refractivity contribution in [3.05, 3.63) is 68.7 Å². The Balaban J connectivity index is 1.77. The summed E-state index contributed by atoms with van der Waals surface area (Å²) in [5, 5.41) is 12.9. The standard InChI is InChI=1S/C21H23Cl2N5O/c1-5-27-14(3)16(11-24-27)9-10-20(29)25-21-13(2)26-28(15(21)4)12-17-18(22)7-6-8-19(17)23/h6-11H,5,12H2,1-4H3,(H,25,29)/b10-9+. The van der Waals surface area contributed by atoms with Gasteiger partial charge in [-0.3, -0.25) is 14.2 Å². The van der Waals surface area contributed by atoms with E-state index < -0.39 is 0 Å². The van der Waals surface area contributed by atoms with Gasteiger partial charge in [0.2, 0.25) is 5.91 Å². The first-order chi connectivity index (χ1) is 13.8. The highest BCUT2D eigenvalue weighted by Gasteiger charge is 2.15. The summed E-state index contributed by atoms with van der Waals surface area (Å²) in [6.07, 6.45) is 5.03. The molecular formula is C21H23Cl2N5O. The molecule has 0 bridgehead atoms. The summed E-state index contributed by atoms with van der Waals surface area (Å²) in [6, 6.07) is 5.40. The number of aromatic nitrogens is 4. The van der Waals surface area contributed by atoms with Crippen LogP contribution in [0.25, 0.3) is 6.08 Å². The summed E-state index contributed by atoms with van der Waals surface area (Å²) < 4.78 is 3.67. The normalized spacial score (nSPS) is 11.4. The van der Waals surface area contributed by atoms with Crippen molar-refractivity contribution < 1.29 is 4.79 Å². The maximum absolute atomic E-state index is 12.4. The molecule has 2 aromatic heterocycles.